The summed E-state index contributed by atoms with van der Waals surface area (Å²) in [6, 6.07) is 13.6. The van der Waals surface area contributed by atoms with Crippen molar-refractivity contribution in [2.75, 3.05) is 13.4 Å². The number of esters is 1. The number of carbonyl (C=O) groups excluding carboxylic acids is 1. The van der Waals surface area contributed by atoms with Crippen LogP contribution in [-0.2, 0) is 16.0 Å². The minimum absolute atomic E-state index is 0.557. The van der Waals surface area contributed by atoms with Gasteiger partial charge < -0.3 is 14.2 Å². The number of hydrogen-bond acceptors (Lipinski definition) is 5. The van der Waals surface area contributed by atoms with E-state index in [1.807, 2.05) is 48.7 Å². The third kappa shape index (κ3) is 2.76. The number of methoxy groups -OCH3 is 1. The van der Waals surface area contributed by atoms with Crippen LogP contribution in [0.4, 0.5) is 0 Å². The molecular formula is C17H16O4S. The zero-order chi connectivity index (χ0) is 15.5. The molecule has 1 aliphatic rings. The lowest BCUT2D eigenvalue weighted by Crippen LogP contribution is -2.35. The SMILES string of the molecule is COC(=O)C1Oc2ccccc2Cc2cccc(SC)c2O1. The first-order valence-corrected chi connectivity index (χ1v) is 8.10. The number of fused-ring (bicyclic) bond motifs is 2. The molecule has 1 atom stereocenters. The van der Waals surface area contributed by atoms with Crippen molar-refractivity contribution in [3.63, 3.8) is 0 Å². The first kappa shape index (κ1) is 14.8. The van der Waals surface area contributed by atoms with Gasteiger partial charge in [0.15, 0.2) is 0 Å². The zero-order valence-corrected chi connectivity index (χ0v) is 13.2. The summed E-state index contributed by atoms with van der Waals surface area (Å²) >= 11 is 1.57. The minimum Gasteiger partial charge on any atom is -0.463 e. The molecular weight excluding hydrogens is 300 g/mol. The predicted octanol–water partition coefficient (Wildman–Crippen LogP) is 3.27. The first-order valence-electron chi connectivity index (χ1n) is 6.88. The van der Waals surface area contributed by atoms with Crippen molar-refractivity contribution < 1.29 is 19.0 Å². The molecule has 0 aromatic heterocycles. The number of rotatable bonds is 2. The average Bonchev–Trinajstić information content (AvgIpc) is 2.54. The Hall–Kier alpha value is -2.14. The highest BCUT2D eigenvalue weighted by molar-refractivity contribution is 7.98. The van der Waals surface area contributed by atoms with Crippen LogP contribution >= 0.6 is 11.8 Å². The van der Waals surface area contributed by atoms with Crippen LogP contribution < -0.4 is 9.47 Å². The van der Waals surface area contributed by atoms with E-state index in [0.29, 0.717) is 17.9 Å². The van der Waals surface area contributed by atoms with Gasteiger partial charge in [0, 0.05) is 16.9 Å². The van der Waals surface area contributed by atoms with Crippen molar-refractivity contribution in [2.45, 2.75) is 17.6 Å². The molecule has 1 unspecified atom stereocenters. The highest BCUT2D eigenvalue weighted by atomic mass is 32.2. The van der Waals surface area contributed by atoms with Gasteiger partial charge in [-0.15, -0.1) is 11.8 Å². The van der Waals surface area contributed by atoms with Crippen LogP contribution in [0, 0.1) is 0 Å². The number of thioether (sulfide) groups is 1. The van der Waals surface area contributed by atoms with E-state index in [-0.39, 0.29) is 0 Å². The van der Waals surface area contributed by atoms with Gasteiger partial charge in [-0.2, -0.15) is 0 Å². The van der Waals surface area contributed by atoms with Gasteiger partial charge in [-0.25, -0.2) is 4.79 Å². The molecule has 0 bridgehead atoms. The van der Waals surface area contributed by atoms with E-state index in [1.54, 1.807) is 11.8 Å². The van der Waals surface area contributed by atoms with Gasteiger partial charge in [-0.05, 0) is 24.0 Å². The zero-order valence-electron chi connectivity index (χ0n) is 12.4. The lowest BCUT2D eigenvalue weighted by atomic mass is 10.0. The van der Waals surface area contributed by atoms with E-state index in [4.69, 9.17) is 14.2 Å². The summed E-state index contributed by atoms with van der Waals surface area (Å²) in [4.78, 5) is 12.9. The molecule has 4 nitrogen and oxygen atoms in total. The molecule has 0 radical (unpaired) electrons. The number of carbonyl (C=O) groups is 1. The van der Waals surface area contributed by atoms with E-state index in [1.165, 1.54) is 7.11 Å². The Morgan fingerprint density at radius 2 is 1.91 bits per heavy atom. The molecule has 114 valence electrons. The molecule has 0 saturated heterocycles. The summed E-state index contributed by atoms with van der Waals surface area (Å²) < 4.78 is 16.4. The minimum atomic E-state index is -1.11. The number of ether oxygens (including phenoxy) is 3. The smallest absolute Gasteiger partial charge is 0.389 e. The average molecular weight is 316 g/mol. The van der Waals surface area contributed by atoms with Crippen LogP contribution in [0.1, 0.15) is 11.1 Å². The van der Waals surface area contributed by atoms with Crippen LogP contribution in [-0.4, -0.2) is 25.6 Å². The highest BCUT2D eigenvalue weighted by Crippen LogP contribution is 2.37. The summed E-state index contributed by atoms with van der Waals surface area (Å²) in [5, 5.41) is 0. The molecule has 0 fully saturated rings. The fourth-order valence-corrected chi connectivity index (χ4v) is 2.98. The van der Waals surface area contributed by atoms with E-state index < -0.39 is 12.3 Å². The third-order valence-electron chi connectivity index (χ3n) is 3.49. The topological polar surface area (TPSA) is 44.8 Å². The first-order chi connectivity index (χ1) is 10.7. The quantitative estimate of drug-likeness (QED) is 0.628. The monoisotopic (exact) mass is 316 g/mol. The molecule has 5 heteroatoms. The Morgan fingerprint density at radius 1 is 1.14 bits per heavy atom. The van der Waals surface area contributed by atoms with E-state index >= 15 is 0 Å². The Bertz CT molecular complexity index is 699. The summed E-state index contributed by atoms with van der Waals surface area (Å²) in [6.45, 7) is 0. The van der Waals surface area contributed by atoms with Crippen LogP contribution in [0.2, 0.25) is 0 Å². The van der Waals surface area contributed by atoms with Gasteiger partial charge in [-0.3, -0.25) is 0 Å². The summed E-state index contributed by atoms with van der Waals surface area (Å²) in [6.07, 6.45) is 1.55. The second-order valence-electron chi connectivity index (χ2n) is 4.82. The van der Waals surface area contributed by atoms with Crippen molar-refractivity contribution in [3.8, 4) is 11.5 Å². The lowest BCUT2D eigenvalue weighted by Gasteiger charge is -2.25. The molecule has 3 rings (SSSR count). The molecule has 0 N–H and O–H groups in total. The van der Waals surface area contributed by atoms with Gasteiger partial charge in [0.2, 0.25) is 0 Å². The van der Waals surface area contributed by atoms with Crippen LogP contribution in [0.3, 0.4) is 0 Å². The van der Waals surface area contributed by atoms with Crippen molar-refractivity contribution in [3.05, 3.63) is 53.6 Å². The van der Waals surface area contributed by atoms with Crippen LogP contribution in [0.25, 0.3) is 0 Å². The van der Waals surface area contributed by atoms with E-state index in [0.717, 1.165) is 16.0 Å². The molecule has 22 heavy (non-hydrogen) atoms. The van der Waals surface area contributed by atoms with Crippen molar-refractivity contribution in [1.29, 1.82) is 0 Å². The van der Waals surface area contributed by atoms with Crippen molar-refractivity contribution >= 4 is 17.7 Å². The maximum Gasteiger partial charge on any atom is 0.389 e. The van der Waals surface area contributed by atoms with E-state index in [9.17, 15) is 4.79 Å². The fourth-order valence-electron chi connectivity index (χ4n) is 2.40. The molecule has 0 saturated carbocycles. The van der Waals surface area contributed by atoms with Crippen LogP contribution in [0.15, 0.2) is 47.4 Å². The number of hydrogen-bond donors (Lipinski definition) is 0. The Labute approximate surface area is 133 Å². The molecule has 1 aliphatic heterocycles. The molecule has 0 aliphatic carbocycles. The summed E-state index contributed by atoms with van der Waals surface area (Å²) in [5.41, 5.74) is 2.04. The van der Waals surface area contributed by atoms with Crippen molar-refractivity contribution in [1.82, 2.24) is 0 Å². The maximum atomic E-state index is 12.0. The Morgan fingerprint density at radius 3 is 2.68 bits per heavy atom. The van der Waals surface area contributed by atoms with Crippen LogP contribution in [0.5, 0.6) is 11.5 Å². The molecule has 2 aromatic carbocycles. The molecule has 0 amide bonds. The maximum absolute atomic E-state index is 12.0. The summed E-state index contributed by atoms with van der Waals surface area (Å²) in [5.74, 6) is 0.761. The van der Waals surface area contributed by atoms with E-state index in [2.05, 4.69) is 0 Å². The normalized spacial score (nSPS) is 16.2. The second kappa shape index (κ2) is 6.32. The Kier molecular flexibility index (Phi) is 4.24. The fraction of sp³-hybridized carbons (Fsp3) is 0.235. The lowest BCUT2D eigenvalue weighted by molar-refractivity contribution is -0.162. The largest absolute Gasteiger partial charge is 0.463 e. The second-order valence-corrected chi connectivity index (χ2v) is 5.67. The van der Waals surface area contributed by atoms with Crippen molar-refractivity contribution in [2.24, 2.45) is 0 Å². The third-order valence-corrected chi connectivity index (χ3v) is 4.25. The van der Waals surface area contributed by atoms with Gasteiger partial charge in [0.1, 0.15) is 11.5 Å². The standard InChI is InChI=1S/C17H16O4S/c1-19-16(18)17-20-13-8-4-3-6-11(13)10-12-7-5-9-14(22-2)15(12)21-17/h3-9,17H,10H2,1-2H3. The summed E-state index contributed by atoms with van der Waals surface area (Å²) in [7, 11) is 1.32. The van der Waals surface area contributed by atoms with Gasteiger partial charge in [0.25, 0.3) is 0 Å². The molecule has 2 aromatic rings. The highest BCUT2D eigenvalue weighted by Gasteiger charge is 2.29. The number of para-hydroxylation sites is 2. The number of benzene rings is 2. The van der Waals surface area contributed by atoms with Gasteiger partial charge in [0.05, 0.1) is 7.11 Å². The van der Waals surface area contributed by atoms with Gasteiger partial charge in [-0.1, -0.05) is 30.3 Å². The predicted molar refractivity (Wildman–Crippen MR) is 84.5 cm³/mol. The molecule has 1 heterocycles. The Balaban J connectivity index is 2.12. The molecule has 0 spiro atoms. The van der Waals surface area contributed by atoms with Gasteiger partial charge >= 0.3 is 12.3 Å².